The van der Waals surface area contributed by atoms with Crippen molar-refractivity contribution in [3.05, 3.63) is 146 Å². The molecule has 0 bridgehead atoms. The molecule has 476 valence electrons. The maximum atomic E-state index is 13.5. The minimum absolute atomic E-state index is 0.0892. The molecule has 84 heavy (non-hydrogen) atoms. The van der Waals surface area contributed by atoms with E-state index in [0.717, 1.165) is 148 Å². The summed E-state index contributed by atoms with van der Waals surface area (Å²) in [6.07, 6.45) is 74.4. The highest BCUT2D eigenvalue weighted by Crippen LogP contribution is 2.26. The van der Waals surface area contributed by atoms with Crippen LogP contribution in [0, 0.1) is 0 Å². The normalized spacial score (nSPS) is 19.5. The third-order valence-electron chi connectivity index (χ3n) is 14.5. The molecular weight excluding hydrogens is 1050 g/mol. The summed E-state index contributed by atoms with van der Waals surface area (Å²) in [4.78, 5) is 26.6. The van der Waals surface area contributed by atoms with Gasteiger partial charge in [0.15, 0.2) is 12.4 Å². The van der Waals surface area contributed by atoms with Gasteiger partial charge in [0, 0.05) is 6.42 Å². The van der Waals surface area contributed by atoms with Gasteiger partial charge in [0.1, 0.15) is 24.4 Å². The first-order chi connectivity index (χ1) is 41.2. The number of hydrogen-bond acceptors (Lipinski definition) is 10. The molecular formula is C73H119NO10. The first kappa shape index (κ1) is 77.6. The summed E-state index contributed by atoms with van der Waals surface area (Å²) >= 11 is 0. The lowest BCUT2D eigenvalue weighted by atomic mass is 9.99. The Bertz CT molecular complexity index is 1920. The summed E-state index contributed by atoms with van der Waals surface area (Å²) in [7, 11) is 0. The van der Waals surface area contributed by atoms with E-state index < -0.39 is 67.4 Å². The second-order valence-electron chi connectivity index (χ2n) is 22.1. The fourth-order valence-corrected chi connectivity index (χ4v) is 9.33. The van der Waals surface area contributed by atoms with Crippen molar-refractivity contribution in [1.29, 1.82) is 0 Å². The molecule has 0 spiro atoms. The fraction of sp³-hybridized carbons (Fsp3) is 0.644. The van der Waals surface area contributed by atoms with Crippen LogP contribution in [0.2, 0.25) is 0 Å². The van der Waals surface area contributed by atoms with Crippen LogP contribution < -0.4 is 5.32 Å². The first-order valence-corrected chi connectivity index (χ1v) is 33.1. The summed E-state index contributed by atoms with van der Waals surface area (Å²) < 4.78 is 17.6. The summed E-state index contributed by atoms with van der Waals surface area (Å²) in [6.45, 7) is 5.53. The molecule has 1 heterocycles. The van der Waals surface area contributed by atoms with Crippen molar-refractivity contribution in [3.8, 4) is 0 Å². The predicted octanol–water partition coefficient (Wildman–Crippen LogP) is 16.6. The van der Waals surface area contributed by atoms with Crippen LogP contribution in [-0.2, 0) is 23.8 Å². The monoisotopic (exact) mass is 1170 g/mol. The van der Waals surface area contributed by atoms with Crippen LogP contribution in [0.25, 0.3) is 0 Å². The molecule has 11 heteroatoms. The Kier molecular flexibility index (Phi) is 54.4. The van der Waals surface area contributed by atoms with E-state index in [1.54, 1.807) is 6.08 Å². The number of amides is 1. The number of rotatable bonds is 54. The zero-order valence-corrected chi connectivity index (χ0v) is 52.7. The molecule has 8 atom stereocenters. The number of unbranched alkanes of at least 4 members (excludes halogenated alkanes) is 18. The topological polar surface area (TPSA) is 175 Å². The molecule has 1 saturated heterocycles. The maximum Gasteiger partial charge on any atom is 0.306 e. The van der Waals surface area contributed by atoms with Crippen LogP contribution in [0.5, 0.6) is 0 Å². The summed E-state index contributed by atoms with van der Waals surface area (Å²) in [6, 6.07) is -1.05. The van der Waals surface area contributed by atoms with Gasteiger partial charge in [0.05, 0.1) is 25.4 Å². The molecule has 6 N–H and O–H groups in total. The average Bonchev–Trinajstić information content (AvgIpc) is 3.55. The number of allylic oxidation sites excluding steroid dienone is 23. The third kappa shape index (κ3) is 45.8. The molecule has 0 aromatic rings. The van der Waals surface area contributed by atoms with E-state index in [-0.39, 0.29) is 19.4 Å². The van der Waals surface area contributed by atoms with Crippen molar-refractivity contribution in [2.75, 3.05) is 13.2 Å². The second kappa shape index (κ2) is 58.9. The lowest BCUT2D eigenvalue weighted by molar-refractivity contribution is -0.305. The first-order valence-electron chi connectivity index (χ1n) is 33.1. The molecule has 8 unspecified atom stereocenters. The quantitative estimate of drug-likeness (QED) is 0.0195. The number of esters is 1. The van der Waals surface area contributed by atoms with Gasteiger partial charge in [0.2, 0.25) is 5.91 Å². The predicted molar refractivity (Wildman–Crippen MR) is 351 cm³/mol. The van der Waals surface area contributed by atoms with Gasteiger partial charge in [-0.15, -0.1) is 0 Å². The van der Waals surface area contributed by atoms with E-state index in [1.807, 2.05) is 6.08 Å². The summed E-state index contributed by atoms with van der Waals surface area (Å²) in [5.41, 5.74) is 0. The van der Waals surface area contributed by atoms with E-state index in [0.29, 0.717) is 12.8 Å². The fourth-order valence-electron chi connectivity index (χ4n) is 9.33. The van der Waals surface area contributed by atoms with E-state index in [9.17, 15) is 35.1 Å². The molecule has 1 aliphatic rings. The molecule has 0 aromatic heterocycles. The molecule has 1 amide bonds. The molecule has 0 aromatic carbocycles. The lowest BCUT2D eigenvalue weighted by Crippen LogP contribution is -2.61. The highest BCUT2D eigenvalue weighted by Gasteiger charge is 2.47. The van der Waals surface area contributed by atoms with Gasteiger partial charge in [-0.05, 0) is 122 Å². The highest BCUT2D eigenvalue weighted by atomic mass is 16.7. The summed E-state index contributed by atoms with van der Waals surface area (Å²) in [5, 5.41) is 57.1. The Hall–Kier alpha value is -4.46. The molecule has 0 radical (unpaired) electrons. The highest BCUT2D eigenvalue weighted by molar-refractivity contribution is 5.80. The molecule has 0 aliphatic carbocycles. The van der Waals surface area contributed by atoms with Crippen molar-refractivity contribution in [2.45, 2.75) is 288 Å². The number of nitrogens with one attached hydrogen (secondary N) is 1. The number of ether oxygens (including phenoxy) is 3. The van der Waals surface area contributed by atoms with Gasteiger partial charge < -0.3 is 45.1 Å². The van der Waals surface area contributed by atoms with Crippen molar-refractivity contribution >= 4 is 11.9 Å². The SMILES string of the molecule is CC/C=C\C/C=C\C/C=C\C/C=C\C/C=C\C/C=C\CCCCCC(O)C(=O)NC(COC1OC(CO)C(O)C(O)C1OC(=O)CCCCCCC/C=C\C/C=C\C/C=C\C/C=C\C/C=C\CC)C(O)/C=C/CCCCCCCCCCCC. The van der Waals surface area contributed by atoms with E-state index in [2.05, 4.69) is 160 Å². The Morgan fingerprint density at radius 2 is 0.857 bits per heavy atom. The standard InChI is InChI=1S/C73H119NO10/c1-4-7-10-13-16-19-22-25-27-29-31-33-35-36-38-40-42-45-48-51-54-57-60-66(77)72(81)74-64(65(76)59-56-53-50-47-44-24-21-18-15-12-9-6-3)63-82-73-71(70(80)69(79)67(62-75)83-73)84-68(78)61-58-55-52-49-46-43-41-39-37-34-32-30-28-26-23-20-17-14-11-8-5-2/h7-8,10-11,16-17,19-20,25-28,31-34,36,38-39,41-42,45,56,59,64-67,69-71,73,75-77,79-80H,4-6,9,12-15,18,21-24,29-30,35,37,40,43-44,46-55,57-58,60-63H2,1-3H3,(H,74,81)/b10-7-,11-8-,19-16-,20-17-,27-25-,28-26-,33-31-,34-32-,38-36-,41-39-,45-42-,59-56+. The number of hydrogen-bond donors (Lipinski definition) is 6. The van der Waals surface area contributed by atoms with Gasteiger partial charge in [-0.3, -0.25) is 9.59 Å². The van der Waals surface area contributed by atoms with Gasteiger partial charge in [-0.2, -0.15) is 0 Å². The van der Waals surface area contributed by atoms with Crippen molar-refractivity contribution in [3.63, 3.8) is 0 Å². The Labute approximate surface area is 511 Å². The molecule has 0 saturated carbocycles. The van der Waals surface area contributed by atoms with Gasteiger partial charge in [-0.25, -0.2) is 0 Å². The second-order valence-corrected chi connectivity index (χ2v) is 22.1. The van der Waals surface area contributed by atoms with Gasteiger partial charge in [-0.1, -0.05) is 256 Å². The van der Waals surface area contributed by atoms with Gasteiger partial charge >= 0.3 is 5.97 Å². The van der Waals surface area contributed by atoms with Crippen LogP contribution in [-0.4, -0.2) is 99.6 Å². The summed E-state index contributed by atoms with van der Waals surface area (Å²) in [5.74, 6) is -1.25. The zero-order valence-electron chi connectivity index (χ0n) is 52.7. The van der Waals surface area contributed by atoms with E-state index >= 15 is 0 Å². The number of carbonyl (C=O) groups is 2. The van der Waals surface area contributed by atoms with E-state index in [4.69, 9.17) is 14.2 Å². The molecule has 1 fully saturated rings. The molecule has 11 nitrogen and oxygen atoms in total. The number of carbonyl (C=O) groups excluding carboxylic acids is 2. The Balaban J connectivity index is 2.68. The lowest BCUT2D eigenvalue weighted by Gasteiger charge is -2.41. The van der Waals surface area contributed by atoms with Crippen molar-refractivity contribution in [2.24, 2.45) is 0 Å². The van der Waals surface area contributed by atoms with Gasteiger partial charge in [0.25, 0.3) is 0 Å². The van der Waals surface area contributed by atoms with Crippen LogP contribution in [0.1, 0.15) is 239 Å². The maximum absolute atomic E-state index is 13.5. The van der Waals surface area contributed by atoms with Crippen LogP contribution in [0.3, 0.4) is 0 Å². The third-order valence-corrected chi connectivity index (χ3v) is 14.5. The van der Waals surface area contributed by atoms with Crippen LogP contribution in [0.4, 0.5) is 0 Å². The van der Waals surface area contributed by atoms with Crippen molar-refractivity contribution in [1.82, 2.24) is 5.32 Å². The number of aliphatic hydroxyl groups is 5. The zero-order chi connectivity index (χ0) is 61.0. The average molecular weight is 1170 g/mol. The minimum Gasteiger partial charge on any atom is -0.454 e. The van der Waals surface area contributed by atoms with Crippen molar-refractivity contribution < 1.29 is 49.3 Å². The van der Waals surface area contributed by atoms with Crippen LogP contribution in [0.15, 0.2) is 146 Å². The molecule has 1 aliphatic heterocycles. The smallest absolute Gasteiger partial charge is 0.306 e. The molecule has 1 rings (SSSR count). The largest absolute Gasteiger partial charge is 0.454 e. The van der Waals surface area contributed by atoms with Crippen LogP contribution >= 0.6 is 0 Å². The Morgan fingerprint density at radius 3 is 1.29 bits per heavy atom. The Morgan fingerprint density at radius 1 is 0.476 bits per heavy atom. The number of aliphatic hydroxyl groups excluding tert-OH is 5. The minimum atomic E-state index is -1.64. The van der Waals surface area contributed by atoms with E-state index in [1.165, 1.54) is 44.9 Å².